The molecule has 2 aromatic rings. The molecule has 0 radical (unpaired) electrons. The minimum absolute atomic E-state index is 0.00116. The molecule has 1 aliphatic carbocycles. The van der Waals surface area contributed by atoms with E-state index in [9.17, 15) is 4.79 Å². The maximum atomic E-state index is 12.3. The highest BCUT2D eigenvalue weighted by Gasteiger charge is 2.19. The lowest BCUT2D eigenvalue weighted by atomic mass is 9.96. The molecule has 0 saturated heterocycles. The maximum absolute atomic E-state index is 12.3. The Kier molecular flexibility index (Phi) is 5.17. The van der Waals surface area contributed by atoms with Gasteiger partial charge in [0.2, 0.25) is 0 Å². The number of aromatic amines is 1. The monoisotopic (exact) mass is 330 g/mol. The smallest absolute Gasteiger partial charge is 0.320 e. The van der Waals surface area contributed by atoms with E-state index in [4.69, 9.17) is 0 Å². The first-order valence-corrected chi connectivity index (χ1v) is 8.74. The molecule has 2 amide bonds. The molecular formula is C17H26N6O. The second kappa shape index (κ2) is 7.51. The van der Waals surface area contributed by atoms with Crippen LogP contribution in [0.4, 0.5) is 10.6 Å². The SMILES string of the molecule is Cc1cc(C[C@H](C)NC(=O)Nc2ccnn2C2CCCCC2)n[nH]1. The maximum Gasteiger partial charge on any atom is 0.320 e. The number of hydrogen-bond acceptors (Lipinski definition) is 3. The van der Waals surface area contributed by atoms with Crippen molar-refractivity contribution in [3.8, 4) is 0 Å². The Hall–Kier alpha value is -2.31. The fraction of sp³-hybridized carbons (Fsp3) is 0.588. The number of rotatable bonds is 5. The van der Waals surface area contributed by atoms with Crippen LogP contribution in [0.5, 0.6) is 0 Å². The molecule has 24 heavy (non-hydrogen) atoms. The number of nitrogens with zero attached hydrogens (tertiary/aromatic N) is 3. The molecule has 1 aliphatic rings. The largest absolute Gasteiger partial charge is 0.335 e. The molecule has 1 saturated carbocycles. The first kappa shape index (κ1) is 16.5. The van der Waals surface area contributed by atoms with Crippen LogP contribution in [-0.4, -0.2) is 32.1 Å². The van der Waals surface area contributed by atoms with E-state index < -0.39 is 0 Å². The molecule has 1 fully saturated rings. The van der Waals surface area contributed by atoms with Gasteiger partial charge < -0.3 is 5.32 Å². The van der Waals surface area contributed by atoms with E-state index in [1.165, 1.54) is 19.3 Å². The topological polar surface area (TPSA) is 87.6 Å². The fourth-order valence-electron chi connectivity index (χ4n) is 3.35. The van der Waals surface area contributed by atoms with Crippen molar-refractivity contribution in [1.29, 1.82) is 0 Å². The highest BCUT2D eigenvalue weighted by Crippen LogP contribution is 2.29. The van der Waals surface area contributed by atoms with Gasteiger partial charge in [0, 0.05) is 24.2 Å². The predicted octanol–water partition coefficient (Wildman–Crippen LogP) is 3.17. The molecule has 0 aromatic carbocycles. The molecule has 3 N–H and O–H groups in total. The van der Waals surface area contributed by atoms with E-state index in [2.05, 4.69) is 25.9 Å². The number of H-pyrrole nitrogens is 1. The minimum Gasteiger partial charge on any atom is -0.335 e. The van der Waals surface area contributed by atoms with Gasteiger partial charge in [-0.2, -0.15) is 10.2 Å². The number of aryl methyl sites for hydroxylation is 1. The van der Waals surface area contributed by atoms with Crippen LogP contribution in [0.1, 0.15) is 56.5 Å². The van der Waals surface area contributed by atoms with Crippen molar-refractivity contribution >= 4 is 11.8 Å². The summed E-state index contributed by atoms with van der Waals surface area (Å²) in [5.74, 6) is 0.766. The molecule has 3 rings (SSSR count). The van der Waals surface area contributed by atoms with Gasteiger partial charge in [-0.15, -0.1) is 0 Å². The van der Waals surface area contributed by atoms with E-state index in [-0.39, 0.29) is 12.1 Å². The Morgan fingerprint density at radius 3 is 2.92 bits per heavy atom. The molecule has 1 atom stereocenters. The molecule has 0 aliphatic heterocycles. The Labute approximate surface area is 142 Å². The standard InChI is InChI=1S/C17H26N6O/c1-12(10-14-11-13(2)21-22-14)19-17(24)20-16-8-9-18-23(16)15-6-4-3-5-7-15/h8-9,11-12,15H,3-7,10H2,1-2H3,(H,21,22)(H2,19,20,24)/t12-/m0/s1. The zero-order chi connectivity index (χ0) is 16.9. The van der Waals surface area contributed by atoms with Crippen molar-refractivity contribution < 1.29 is 4.79 Å². The first-order valence-electron chi connectivity index (χ1n) is 8.74. The lowest BCUT2D eigenvalue weighted by Crippen LogP contribution is -2.38. The molecule has 7 heteroatoms. The number of hydrogen-bond donors (Lipinski definition) is 3. The van der Waals surface area contributed by atoms with E-state index in [0.717, 1.165) is 30.0 Å². The first-order chi connectivity index (χ1) is 11.6. The predicted molar refractivity (Wildman–Crippen MR) is 93.0 cm³/mol. The van der Waals surface area contributed by atoms with E-state index in [1.807, 2.05) is 30.7 Å². The highest BCUT2D eigenvalue weighted by molar-refractivity contribution is 5.88. The van der Waals surface area contributed by atoms with Crippen LogP contribution in [0.25, 0.3) is 0 Å². The number of nitrogens with one attached hydrogen (secondary N) is 3. The molecule has 2 heterocycles. The second-order valence-electron chi connectivity index (χ2n) is 6.70. The average Bonchev–Trinajstić information content (AvgIpc) is 3.17. The fourth-order valence-corrected chi connectivity index (χ4v) is 3.35. The number of carbonyl (C=O) groups is 1. The third-order valence-electron chi connectivity index (χ3n) is 4.48. The van der Waals surface area contributed by atoms with Gasteiger partial charge in [0.15, 0.2) is 0 Å². The van der Waals surface area contributed by atoms with Crippen molar-refractivity contribution in [1.82, 2.24) is 25.3 Å². The zero-order valence-corrected chi connectivity index (χ0v) is 14.4. The number of urea groups is 1. The Bertz CT molecular complexity index is 670. The summed E-state index contributed by atoms with van der Waals surface area (Å²) in [6, 6.07) is 4.05. The second-order valence-corrected chi connectivity index (χ2v) is 6.70. The summed E-state index contributed by atoms with van der Waals surface area (Å²) in [5, 5.41) is 17.4. The van der Waals surface area contributed by atoms with Gasteiger partial charge in [-0.05, 0) is 32.8 Å². The summed E-state index contributed by atoms with van der Waals surface area (Å²) >= 11 is 0. The summed E-state index contributed by atoms with van der Waals surface area (Å²) in [7, 11) is 0. The summed E-state index contributed by atoms with van der Waals surface area (Å²) < 4.78 is 1.96. The third kappa shape index (κ3) is 4.15. The Balaban J connectivity index is 1.54. The van der Waals surface area contributed by atoms with Crippen molar-refractivity contribution in [3.05, 3.63) is 29.7 Å². The summed E-state index contributed by atoms with van der Waals surface area (Å²) in [5.41, 5.74) is 1.98. The zero-order valence-electron chi connectivity index (χ0n) is 14.4. The normalized spacial score (nSPS) is 16.8. The van der Waals surface area contributed by atoms with Crippen molar-refractivity contribution in [2.75, 3.05) is 5.32 Å². The van der Waals surface area contributed by atoms with Crippen molar-refractivity contribution in [2.45, 2.75) is 64.5 Å². The average molecular weight is 330 g/mol. The van der Waals surface area contributed by atoms with Crippen LogP contribution in [-0.2, 0) is 6.42 Å². The van der Waals surface area contributed by atoms with Gasteiger partial charge >= 0.3 is 6.03 Å². The minimum atomic E-state index is -0.202. The van der Waals surface area contributed by atoms with Crippen LogP contribution in [0, 0.1) is 6.92 Å². The van der Waals surface area contributed by atoms with Crippen LogP contribution >= 0.6 is 0 Å². The van der Waals surface area contributed by atoms with Gasteiger partial charge in [-0.25, -0.2) is 9.48 Å². The Morgan fingerprint density at radius 2 is 2.21 bits per heavy atom. The molecule has 130 valence electrons. The summed E-state index contributed by atoms with van der Waals surface area (Å²) in [4.78, 5) is 12.3. The van der Waals surface area contributed by atoms with Gasteiger partial charge in [-0.3, -0.25) is 10.4 Å². The third-order valence-corrected chi connectivity index (χ3v) is 4.48. The van der Waals surface area contributed by atoms with Gasteiger partial charge in [0.25, 0.3) is 0 Å². The van der Waals surface area contributed by atoms with Gasteiger partial charge in [-0.1, -0.05) is 19.3 Å². The van der Waals surface area contributed by atoms with E-state index in [1.54, 1.807) is 6.20 Å². The number of carbonyl (C=O) groups excluding carboxylic acids is 1. The molecule has 7 nitrogen and oxygen atoms in total. The van der Waals surface area contributed by atoms with Crippen LogP contribution in [0.2, 0.25) is 0 Å². The molecular weight excluding hydrogens is 304 g/mol. The quantitative estimate of drug-likeness (QED) is 0.787. The van der Waals surface area contributed by atoms with E-state index in [0.29, 0.717) is 12.5 Å². The van der Waals surface area contributed by atoms with Gasteiger partial charge in [0.05, 0.1) is 17.9 Å². The molecule has 0 bridgehead atoms. The van der Waals surface area contributed by atoms with Crippen LogP contribution in [0.15, 0.2) is 18.3 Å². The molecule has 0 unspecified atom stereocenters. The number of anilines is 1. The number of aromatic nitrogens is 4. The van der Waals surface area contributed by atoms with Crippen molar-refractivity contribution in [2.24, 2.45) is 0 Å². The summed E-state index contributed by atoms with van der Waals surface area (Å²) in [6.45, 7) is 3.94. The molecule has 0 spiro atoms. The summed E-state index contributed by atoms with van der Waals surface area (Å²) in [6.07, 6.45) is 8.47. The lowest BCUT2D eigenvalue weighted by Gasteiger charge is -2.24. The highest BCUT2D eigenvalue weighted by atomic mass is 16.2. The van der Waals surface area contributed by atoms with Gasteiger partial charge in [0.1, 0.15) is 5.82 Å². The van der Waals surface area contributed by atoms with Crippen molar-refractivity contribution in [3.63, 3.8) is 0 Å². The lowest BCUT2D eigenvalue weighted by molar-refractivity contribution is 0.248. The van der Waals surface area contributed by atoms with Crippen LogP contribution < -0.4 is 10.6 Å². The Morgan fingerprint density at radius 1 is 1.42 bits per heavy atom. The van der Waals surface area contributed by atoms with Crippen LogP contribution in [0.3, 0.4) is 0 Å². The molecule has 2 aromatic heterocycles. The number of amides is 2. The van der Waals surface area contributed by atoms with E-state index >= 15 is 0 Å².